The molecule has 1 fully saturated rings. The summed E-state index contributed by atoms with van der Waals surface area (Å²) in [4.78, 5) is 11.3. The Morgan fingerprint density at radius 2 is 2.04 bits per heavy atom. The van der Waals surface area contributed by atoms with Crippen LogP contribution in [-0.4, -0.2) is 56.9 Å². The van der Waals surface area contributed by atoms with Gasteiger partial charge in [0.2, 0.25) is 5.65 Å². The van der Waals surface area contributed by atoms with Gasteiger partial charge in [0.25, 0.3) is 6.01 Å². The van der Waals surface area contributed by atoms with E-state index in [0.717, 1.165) is 24.2 Å². The van der Waals surface area contributed by atoms with Crippen molar-refractivity contribution in [1.29, 1.82) is 0 Å². The minimum Gasteiger partial charge on any atom is -0.507 e. The van der Waals surface area contributed by atoms with Crippen LogP contribution in [0, 0.1) is 13.8 Å². The monoisotopic (exact) mass is 382 g/mol. The number of aromatic nitrogens is 2. The molecule has 0 spiro atoms. The molecule has 1 aliphatic rings. The summed E-state index contributed by atoms with van der Waals surface area (Å²) in [6, 6.07) is 7.88. The number of aryl methyl sites for hydroxylation is 2. The molecule has 0 aliphatic carbocycles. The molecule has 0 radical (unpaired) electrons. The molecule has 0 amide bonds. The summed E-state index contributed by atoms with van der Waals surface area (Å²) in [5, 5.41) is 23.7. The van der Waals surface area contributed by atoms with Crippen LogP contribution in [-0.2, 0) is 0 Å². The number of aromatic hydroxyl groups is 1. The maximum Gasteiger partial charge on any atom is 0.297 e. The lowest BCUT2D eigenvalue weighted by Crippen LogP contribution is -2.48. The number of nitrogens with one attached hydrogen (secondary N) is 1. The van der Waals surface area contributed by atoms with E-state index in [1.807, 2.05) is 32.0 Å². The lowest BCUT2D eigenvalue weighted by molar-refractivity contribution is 0.0667. The van der Waals surface area contributed by atoms with Crippen molar-refractivity contribution in [2.45, 2.75) is 39.3 Å². The Morgan fingerprint density at radius 3 is 2.79 bits per heavy atom. The predicted octanol–water partition coefficient (Wildman–Crippen LogP) is 3.08. The van der Waals surface area contributed by atoms with Gasteiger partial charge in [0.15, 0.2) is 5.58 Å². The predicted molar refractivity (Wildman–Crippen MR) is 109 cm³/mol. The zero-order chi connectivity index (χ0) is 19.8. The molecule has 3 N–H and O–H groups in total. The van der Waals surface area contributed by atoms with Crippen LogP contribution >= 0.6 is 0 Å². The van der Waals surface area contributed by atoms with Gasteiger partial charge in [0.1, 0.15) is 5.75 Å². The number of hydrogen-bond acceptors (Lipinski definition) is 7. The Hall–Kier alpha value is -2.64. The van der Waals surface area contributed by atoms with E-state index >= 15 is 0 Å². The molecular formula is C21H26N4O3. The van der Waals surface area contributed by atoms with Crippen LogP contribution in [0.4, 0.5) is 6.01 Å². The van der Waals surface area contributed by atoms with E-state index in [9.17, 15) is 10.2 Å². The first-order valence-electron chi connectivity index (χ1n) is 9.68. The fourth-order valence-electron chi connectivity index (χ4n) is 4.00. The van der Waals surface area contributed by atoms with E-state index in [1.54, 1.807) is 6.07 Å². The second-order valence-corrected chi connectivity index (χ2v) is 7.60. The Bertz CT molecular complexity index is 977. The van der Waals surface area contributed by atoms with Crippen LogP contribution in [0.1, 0.15) is 24.5 Å². The van der Waals surface area contributed by atoms with Crippen LogP contribution in [0.25, 0.3) is 22.5 Å². The highest BCUT2D eigenvalue weighted by Gasteiger charge is 2.26. The standard InChI is InChI=1S/C21H26N4O3/c1-4-25-10-14(9-15(26)11-25)22-21-24-20-18(28-21)6-5-16(23-20)19-13(3)7-12(2)8-17(19)27/h5-8,14-15,26-27H,4,9-11H2,1-3H3,(H,22,23,24)/t14-,15+/m1/s1. The molecule has 7 heteroatoms. The number of rotatable bonds is 4. The van der Waals surface area contributed by atoms with Crippen molar-refractivity contribution in [3.05, 3.63) is 35.4 Å². The molecular weight excluding hydrogens is 356 g/mol. The largest absolute Gasteiger partial charge is 0.507 e. The van der Waals surface area contributed by atoms with Crippen molar-refractivity contribution in [3.63, 3.8) is 0 Å². The third kappa shape index (κ3) is 3.68. The van der Waals surface area contributed by atoms with Gasteiger partial charge >= 0.3 is 0 Å². The number of nitrogens with zero attached hydrogens (tertiary/aromatic N) is 3. The fraction of sp³-hybridized carbons (Fsp3) is 0.429. The number of likely N-dealkylation sites (tertiary alicyclic amines) is 1. The maximum absolute atomic E-state index is 10.4. The third-order valence-corrected chi connectivity index (χ3v) is 5.25. The van der Waals surface area contributed by atoms with Crippen molar-refractivity contribution < 1.29 is 14.6 Å². The number of likely N-dealkylation sites (N-methyl/N-ethyl adjacent to an activating group) is 1. The molecule has 1 saturated heterocycles. The molecule has 4 rings (SSSR count). The number of aliphatic hydroxyl groups excluding tert-OH is 1. The summed E-state index contributed by atoms with van der Waals surface area (Å²) < 4.78 is 5.80. The van der Waals surface area contributed by atoms with E-state index in [2.05, 4.69) is 27.1 Å². The van der Waals surface area contributed by atoms with Crippen molar-refractivity contribution in [2.24, 2.45) is 0 Å². The molecule has 28 heavy (non-hydrogen) atoms. The number of phenolic OH excluding ortho intramolecular Hbond substituents is 1. The van der Waals surface area contributed by atoms with E-state index in [1.165, 1.54) is 0 Å². The number of hydrogen-bond donors (Lipinski definition) is 3. The Labute approximate surface area is 164 Å². The smallest absolute Gasteiger partial charge is 0.297 e. The Kier molecular flexibility index (Phi) is 4.95. The quantitative estimate of drug-likeness (QED) is 0.638. The third-order valence-electron chi connectivity index (χ3n) is 5.25. The normalized spacial score (nSPS) is 20.6. The average molecular weight is 382 g/mol. The van der Waals surface area contributed by atoms with Gasteiger partial charge in [-0.3, -0.25) is 4.90 Å². The van der Waals surface area contributed by atoms with Crippen molar-refractivity contribution >= 4 is 17.2 Å². The van der Waals surface area contributed by atoms with Gasteiger partial charge in [-0.05, 0) is 56.1 Å². The number of benzene rings is 1. The fourth-order valence-corrected chi connectivity index (χ4v) is 4.00. The zero-order valence-corrected chi connectivity index (χ0v) is 16.4. The summed E-state index contributed by atoms with van der Waals surface area (Å²) in [6.07, 6.45) is 0.303. The second-order valence-electron chi connectivity index (χ2n) is 7.60. The van der Waals surface area contributed by atoms with Crippen molar-refractivity contribution in [1.82, 2.24) is 14.9 Å². The van der Waals surface area contributed by atoms with Crippen molar-refractivity contribution in [3.8, 4) is 17.0 Å². The molecule has 2 atom stereocenters. The van der Waals surface area contributed by atoms with Gasteiger partial charge < -0.3 is 19.9 Å². The molecule has 3 aromatic rings. The SMILES string of the molecule is CCN1C[C@@H](O)C[C@@H](Nc2nc3nc(-c4c(C)cc(C)cc4O)ccc3o2)C1. The van der Waals surface area contributed by atoms with E-state index in [4.69, 9.17) is 4.42 Å². The molecule has 0 unspecified atom stereocenters. The molecule has 148 valence electrons. The number of aliphatic hydroxyl groups is 1. The first kappa shape index (κ1) is 18.7. The van der Waals surface area contributed by atoms with Crippen LogP contribution in [0.5, 0.6) is 5.75 Å². The van der Waals surface area contributed by atoms with Gasteiger partial charge in [-0.2, -0.15) is 4.98 Å². The van der Waals surface area contributed by atoms with Crippen LogP contribution in [0.3, 0.4) is 0 Å². The van der Waals surface area contributed by atoms with Gasteiger partial charge in [0.05, 0.1) is 11.8 Å². The number of anilines is 1. The Balaban J connectivity index is 1.61. The molecule has 0 bridgehead atoms. The Morgan fingerprint density at radius 1 is 1.21 bits per heavy atom. The minimum absolute atomic E-state index is 0.0691. The van der Waals surface area contributed by atoms with Gasteiger partial charge in [0, 0.05) is 24.7 Å². The summed E-state index contributed by atoms with van der Waals surface area (Å²) in [5.74, 6) is 0.210. The molecule has 2 aromatic heterocycles. The van der Waals surface area contributed by atoms with E-state index < -0.39 is 0 Å². The summed E-state index contributed by atoms with van der Waals surface area (Å²) >= 11 is 0. The molecule has 3 heterocycles. The number of oxazole rings is 1. The maximum atomic E-state index is 10.4. The molecule has 1 aromatic carbocycles. The molecule has 1 aliphatic heterocycles. The number of phenols is 1. The average Bonchev–Trinajstić information content (AvgIpc) is 3.01. The first-order chi connectivity index (χ1) is 13.4. The summed E-state index contributed by atoms with van der Waals surface area (Å²) in [7, 11) is 0. The number of fused-ring (bicyclic) bond motifs is 1. The lowest BCUT2D eigenvalue weighted by atomic mass is 10.0. The second kappa shape index (κ2) is 7.41. The van der Waals surface area contributed by atoms with Crippen molar-refractivity contribution in [2.75, 3.05) is 25.0 Å². The van der Waals surface area contributed by atoms with Crippen LogP contribution in [0.2, 0.25) is 0 Å². The minimum atomic E-state index is -0.354. The first-order valence-corrected chi connectivity index (χ1v) is 9.68. The topological polar surface area (TPSA) is 94.7 Å². The number of pyridine rings is 1. The van der Waals surface area contributed by atoms with E-state index in [0.29, 0.717) is 41.5 Å². The molecule has 7 nitrogen and oxygen atoms in total. The number of piperidine rings is 1. The highest BCUT2D eigenvalue weighted by atomic mass is 16.4. The van der Waals surface area contributed by atoms with Crippen LogP contribution in [0.15, 0.2) is 28.7 Å². The summed E-state index contributed by atoms with van der Waals surface area (Å²) in [5.41, 5.74) is 4.40. The van der Waals surface area contributed by atoms with E-state index in [-0.39, 0.29) is 17.9 Å². The highest BCUT2D eigenvalue weighted by molar-refractivity contribution is 5.78. The number of β-amino-alcohol motifs (C(OH)–C–C–N with tert-alkyl or cyclic N) is 1. The van der Waals surface area contributed by atoms with Crippen LogP contribution < -0.4 is 5.32 Å². The van der Waals surface area contributed by atoms with Gasteiger partial charge in [-0.15, -0.1) is 0 Å². The zero-order valence-electron chi connectivity index (χ0n) is 16.4. The van der Waals surface area contributed by atoms with Gasteiger partial charge in [-0.1, -0.05) is 13.0 Å². The van der Waals surface area contributed by atoms with Gasteiger partial charge in [-0.25, -0.2) is 4.98 Å². The highest BCUT2D eigenvalue weighted by Crippen LogP contribution is 2.33. The summed E-state index contributed by atoms with van der Waals surface area (Å²) in [6.45, 7) is 8.42. The molecule has 0 saturated carbocycles. The lowest BCUT2D eigenvalue weighted by Gasteiger charge is -2.34.